The minimum absolute atomic E-state index is 0.0115. The Morgan fingerprint density at radius 1 is 1.44 bits per heavy atom. The Labute approximate surface area is 108 Å². The minimum Gasteiger partial charge on any atom is -0.398 e. The number of likely N-dealkylation sites (N-methyl/N-ethyl adjacent to an activating group) is 1. The van der Waals surface area contributed by atoms with Crippen molar-refractivity contribution in [2.75, 3.05) is 25.9 Å². The summed E-state index contributed by atoms with van der Waals surface area (Å²) < 4.78 is 27.1. The number of rotatable bonds is 3. The van der Waals surface area contributed by atoms with Crippen LogP contribution < -0.4 is 10.5 Å². The maximum Gasteiger partial charge on any atom is 0.240 e. The van der Waals surface area contributed by atoms with E-state index in [-0.39, 0.29) is 10.9 Å². The van der Waals surface area contributed by atoms with Crippen LogP contribution in [0.3, 0.4) is 0 Å². The second kappa shape index (κ2) is 4.87. The van der Waals surface area contributed by atoms with Gasteiger partial charge in [-0.25, -0.2) is 13.1 Å². The highest BCUT2D eigenvalue weighted by molar-refractivity contribution is 7.89. The van der Waals surface area contributed by atoms with Gasteiger partial charge in [-0.3, -0.25) is 0 Å². The van der Waals surface area contributed by atoms with Crippen LogP contribution in [0, 0.1) is 6.92 Å². The zero-order chi connectivity index (χ0) is 13.3. The van der Waals surface area contributed by atoms with Crippen molar-refractivity contribution in [3.63, 3.8) is 0 Å². The summed E-state index contributed by atoms with van der Waals surface area (Å²) in [6, 6.07) is 4.82. The van der Waals surface area contributed by atoms with E-state index < -0.39 is 10.0 Å². The van der Waals surface area contributed by atoms with Crippen molar-refractivity contribution < 1.29 is 8.42 Å². The fraction of sp³-hybridized carbons (Fsp3) is 0.500. The lowest BCUT2D eigenvalue weighted by molar-refractivity contribution is 0.407. The van der Waals surface area contributed by atoms with E-state index in [0.717, 1.165) is 25.1 Å². The molecule has 5 nitrogen and oxygen atoms in total. The molecule has 0 radical (unpaired) electrons. The molecule has 2 rings (SSSR count). The number of nitrogen functional groups attached to an aromatic ring is 1. The molecule has 1 saturated heterocycles. The zero-order valence-corrected chi connectivity index (χ0v) is 11.5. The van der Waals surface area contributed by atoms with Gasteiger partial charge in [-0.2, -0.15) is 0 Å². The van der Waals surface area contributed by atoms with Gasteiger partial charge < -0.3 is 10.6 Å². The molecular formula is C12H19N3O2S. The smallest absolute Gasteiger partial charge is 0.240 e. The molecule has 3 N–H and O–H groups in total. The molecule has 0 aliphatic carbocycles. The second-order valence-electron chi connectivity index (χ2n) is 4.89. The molecule has 1 aromatic rings. The van der Waals surface area contributed by atoms with Gasteiger partial charge in [0, 0.05) is 18.3 Å². The van der Waals surface area contributed by atoms with Crippen molar-refractivity contribution in [3.8, 4) is 0 Å². The third kappa shape index (κ3) is 2.82. The predicted octanol–water partition coefficient (Wildman–Crippen LogP) is 0.560. The molecule has 1 atom stereocenters. The van der Waals surface area contributed by atoms with Gasteiger partial charge in [-0.05, 0) is 44.6 Å². The van der Waals surface area contributed by atoms with Crippen LogP contribution in [0.25, 0.3) is 0 Å². The average Bonchev–Trinajstić information content (AvgIpc) is 2.67. The van der Waals surface area contributed by atoms with E-state index in [1.54, 1.807) is 12.1 Å². The highest BCUT2D eigenvalue weighted by atomic mass is 32.2. The van der Waals surface area contributed by atoms with Crippen molar-refractivity contribution in [1.29, 1.82) is 0 Å². The van der Waals surface area contributed by atoms with E-state index in [4.69, 9.17) is 5.73 Å². The lowest BCUT2D eigenvalue weighted by Gasteiger charge is -2.14. The molecule has 0 saturated carbocycles. The van der Waals surface area contributed by atoms with E-state index in [0.29, 0.717) is 5.69 Å². The van der Waals surface area contributed by atoms with Crippen LogP contribution in [-0.2, 0) is 10.0 Å². The number of benzene rings is 1. The molecule has 100 valence electrons. The Morgan fingerprint density at radius 3 is 2.72 bits per heavy atom. The van der Waals surface area contributed by atoms with E-state index in [9.17, 15) is 8.42 Å². The predicted molar refractivity (Wildman–Crippen MR) is 71.8 cm³/mol. The number of nitrogens with two attached hydrogens (primary N) is 1. The maximum atomic E-state index is 12.2. The van der Waals surface area contributed by atoms with E-state index in [1.165, 1.54) is 6.07 Å². The lowest BCUT2D eigenvalue weighted by atomic mass is 10.2. The third-order valence-corrected chi connectivity index (χ3v) is 4.79. The van der Waals surface area contributed by atoms with Gasteiger partial charge in [0.25, 0.3) is 0 Å². The molecule has 6 heteroatoms. The van der Waals surface area contributed by atoms with E-state index in [1.807, 2.05) is 14.0 Å². The molecule has 1 heterocycles. The SMILES string of the molecule is Cc1ccc(S(=O)(=O)NC2CCN(C)C2)cc1N. The summed E-state index contributed by atoms with van der Waals surface area (Å²) in [5, 5.41) is 0. The van der Waals surface area contributed by atoms with Crippen LogP contribution in [0.1, 0.15) is 12.0 Å². The van der Waals surface area contributed by atoms with Crippen LogP contribution in [0.5, 0.6) is 0 Å². The quantitative estimate of drug-likeness (QED) is 0.786. The topological polar surface area (TPSA) is 75.4 Å². The van der Waals surface area contributed by atoms with Crippen LogP contribution in [-0.4, -0.2) is 39.5 Å². The van der Waals surface area contributed by atoms with Crippen molar-refractivity contribution in [2.45, 2.75) is 24.3 Å². The molecule has 18 heavy (non-hydrogen) atoms. The Balaban J connectivity index is 2.17. The molecule has 1 aromatic carbocycles. The van der Waals surface area contributed by atoms with Gasteiger partial charge in [0.15, 0.2) is 0 Å². The number of nitrogens with zero attached hydrogens (tertiary/aromatic N) is 1. The Bertz CT molecular complexity index is 542. The first-order valence-electron chi connectivity index (χ1n) is 5.95. The summed E-state index contributed by atoms with van der Waals surface area (Å²) in [5.41, 5.74) is 7.13. The fourth-order valence-electron chi connectivity index (χ4n) is 2.10. The van der Waals surface area contributed by atoms with Gasteiger partial charge in [0.2, 0.25) is 10.0 Å². The Morgan fingerprint density at radius 2 is 2.17 bits per heavy atom. The summed E-state index contributed by atoms with van der Waals surface area (Å²) >= 11 is 0. The molecule has 1 unspecified atom stereocenters. The summed E-state index contributed by atoms with van der Waals surface area (Å²) in [4.78, 5) is 2.34. The summed E-state index contributed by atoms with van der Waals surface area (Å²) in [6.45, 7) is 3.52. The molecule has 1 aliphatic rings. The highest BCUT2D eigenvalue weighted by Gasteiger charge is 2.25. The van der Waals surface area contributed by atoms with Crippen LogP contribution in [0.15, 0.2) is 23.1 Å². The molecular weight excluding hydrogens is 250 g/mol. The fourth-order valence-corrected chi connectivity index (χ4v) is 3.40. The van der Waals surface area contributed by atoms with Crippen LogP contribution in [0.2, 0.25) is 0 Å². The number of likely N-dealkylation sites (tertiary alicyclic amines) is 1. The normalized spacial score (nSPS) is 21.3. The van der Waals surface area contributed by atoms with Crippen molar-refractivity contribution in [2.24, 2.45) is 0 Å². The highest BCUT2D eigenvalue weighted by Crippen LogP contribution is 2.18. The number of anilines is 1. The summed E-state index contributed by atoms with van der Waals surface area (Å²) in [7, 11) is -1.48. The molecule has 0 amide bonds. The van der Waals surface area contributed by atoms with Crippen molar-refractivity contribution >= 4 is 15.7 Å². The second-order valence-corrected chi connectivity index (χ2v) is 6.60. The van der Waals surface area contributed by atoms with E-state index >= 15 is 0 Å². The third-order valence-electron chi connectivity index (χ3n) is 3.27. The van der Waals surface area contributed by atoms with Gasteiger partial charge in [-0.15, -0.1) is 0 Å². The number of hydrogen-bond acceptors (Lipinski definition) is 4. The standard InChI is InChI=1S/C12H19N3O2S/c1-9-3-4-11(7-12(9)13)18(16,17)14-10-5-6-15(2)8-10/h3-4,7,10,14H,5-6,8,13H2,1-2H3. The molecule has 0 bridgehead atoms. The van der Waals surface area contributed by atoms with Crippen LogP contribution >= 0.6 is 0 Å². The Hall–Kier alpha value is -1.11. The maximum absolute atomic E-state index is 12.2. The van der Waals surface area contributed by atoms with Gasteiger partial charge in [-0.1, -0.05) is 6.07 Å². The van der Waals surface area contributed by atoms with E-state index in [2.05, 4.69) is 9.62 Å². The first-order valence-corrected chi connectivity index (χ1v) is 7.44. The summed E-state index contributed by atoms with van der Waals surface area (Å²) in [6.07, 6.45) is 0.844. The first-order chi connectivity index (χ1) is 8.38. The molecule has 1 aliphatic heterocycles. The number of sulfonamides is 1. The molecule has 0 aromatic heterocycles. The lowest BCUT2D eigenvalue weighted by Crippen LogP contribution is -2.36. The van der Waals surface area contributed by atoms with Gasteiger partial charge in [0.1, 0.15) is 0 Å². The van der Waals surface area contributed by atoms with Crippen LogP contribution in [0.4, 0.5) is 5.69 Å². The van der Waals surface area contributed by atoms with Gasteiger partial charge in [0.05, 0.1) is 4.90 Å². The average molecular weight is 269 g/mol. The zero-order valence-electron chi connectivity index (χ0n) is 10.7. The van der Waals surface area contributed by atoms with Crippen molar-refractivity contribution in [1.82, 2.24) is 9.62 Å². The summed E-state index contributed by atoms with van der Waals surface area (Å²) in [5.74, 6) is 0. The van der Waals surface area contributed by atoms with Crippen molar-refractivity contribution in [3.05, 3.63) is 23.8 Å². The number of aryl methyl sites for hydroxylation is 1. The number of nitrogens with one attached hydrogen (secondary N) is 1. The number of hydrogen-bond donors (Lipinski definition) is 2. The largest absolute Gasteiger partial charge is 0.398 e. The first kappa shape index (κ1) is 13.3. The molecule has 1 fully saturated rings. The monoisotopic (exact) mass is 269 g/mol. The molecule has 0 spiro atoms. The minimum atomic E-state index is -3.46. The van der Waals surface area contributed by atoms with Gasteiger partial charge >= 0.3 is 0 Å². The Kier molecular flexibility index (Phi) is 3.61.